The lowest BCUT2D eigenvalue weighted by molar-refractivity contribution is -0.130. The molecular formula is C16H15NO4. The highest BCUT2D eigenvalue weighted by Gasteiger charge is 2.21. The van der Waals surface area contributed by atoms with Crippen LogP contribution in [0.2, 0.25) is 0 Å². The number of hydrogen-bond acceptors (Lipinski definition) is 3. The summed E-state index contributed by atoms with van der Waals surface area (Å²) in [4.78, 5) is 22.9. The fraction of sp³-hybridized carbons (Fsp3) is 0.250. The Kier molecular flexibility index (Phi) is 3.72. The smallest absolute Gasteiger partial charge is 0.420 e. The van der Waals surface area contributed by atoms with Crippen LogP contribution in [0.5, 0.6) is 0 Å². The van der Waals surface area contributed by atoms with Crippen molar-refractivity contribution in [2.45, 2.75) is 26.4 Å². The summed E-state index contributed by atoms with van der Waals surface area (Å²) in [5, 5.41) is 9.46. The lowest BCUT2D eigenvalue weighted by Gasteiger charge is -2.20. The third-order valence-corrected chi connectivity index (χ3v) is 2.58. The Morgan fingerprint density at radius 3 is 2.52 bits per heavy atom. The molecule has 0 spiro atoms. The molecule has 1 N–H and O–H groups in total. The second-order valence-electron chi connectivity index (χ2n) is 5.46. The van der Waals surface area contributed by atoms with Crippen LogP contribution in [0.4, 0.5) is 4.79 Å². The molecule has 0 radical (unpaired) electrons. The van der Waals surface area contributed by atoms with E-state index in [2.05, 4.69) is 5.92 Å². The second kappa shape index (κ2) is 5.33. The number of rotatable bonds is 0. The molecule has 0 aliphatic carbocycles. The Hall–Kier alpha value is -2.74. The number of ether oxygens (including phenoxy) is 1. The molecule has 0 aliphatic rings. The van der Waals surface area contributed by atoms with Gasteiger partial charge in [0, 0.05) is 11.3 Å². The van der Waals surface area contributed by atoms with Gasteiger partial charge in [-0.3, -0.25) is 0 Å². The number of carboxylic acid groups (broad SMARTS) is 1. The number of aromatic nitrogens is 1. The number of para-hydroxylation sites is 1. The molecular weight excluding hydrogens is 270 g/mol. The molecule has 0 saturated heterocycles. The second-order valence-corrected chi connectivity index (χ2v) is 5.46. The van der Waals surface area contributed by atoms with Gasteiger partial charge in [-0.15, -0.1) is 0 Å². The molecule has 21 heavy (non-hydrogen) atoms. The number of fused-ring (bicyclic) bond motifs is 1. The summed E-state index contributed by atoms with van der Waals surface area (Å²) in [5.74, 6) is 3.25. The fourth-order valence-electron chi connectivity index (χ4n) is 1.87. The number of hydrogen-bond donors (Lipinski definition) is 1. The molecule has 1 aromatic heterocycles. The number of carboxylic acids is 1. The Morgan fingerprint density at radius 1 is 1.24 bits per heavy atom. The minimum atomic E-state index is -1.25. The molecule has 0 atom stereocenters. The van der Waals surface area contributed by atoms with Gasteiger partial charge in [0.1, 0.15) is 11.3 Å². The van der Waals surface area contributed by atoms with Gasteiger partial charge in [-0.05, 0) is 38.8 Å². The van der Waals surface area contributed by atoms with Crippen LogP contribution in [0.1, 0.15) is 26.5 Å². The molecule has 0 aliphatic heterocycles. The molecule has 108 valence electrons. The quantitative estimate of drug-likeness (QED) is 0.756. The van der Waals surface area contributed by atoms with E-state index in [0.717, 1.165) is 5.39 Å². The summed E-state index contributed by atoms with van der Waals surface area (Å²) in [6.07, 6.45) is -0.585. The molecule has 0 saturated carbocycles. The minimum absolute atomic E-state index is 0.285. The molecule has 5 nitrogen and oxygen atoms in total. The maximum Gasteiger partial charge on any atom is 0.420 e. The fourth-order valence-corrected chi connectivity index (χ4v) is 1.87. The monoisotopic (exact) mass is 285 g/mol. The first-order chi connectivity index (χ1) is 9.78. The van der Waals surface area contributed by atoms with E-state index in [1.54, 1.807) is 39.0 Å². The van der Waals surface area contributed by atoms with Gasteiger partial charge in [-0.1, -0.05) is 18.2 Å². The maximum absolute atomic E-state index is 12.3. The predicted octanol–water partition coefficient (Wildman–Crippen LogP) is 2.86. The van der Waals surface area contributed by atoms with Crippen molar-refractivity contribution in [2.24, 2.45) is 0 Å². The van der Waals surface area contributed by atoms with Crippen LogP contribution in [0, 0.1) is 11.8 Å². The Morgan fingerprint density at radius 2 is 1.90 bits per heavy atom. The molecule has 0 unspecified atom stereocenters. The summed E-state index contributed by atoms with van der Waals surface area (Å²) >= 11 is 0. The first-order valence-electron chi connectivity index (χ1n) is 6.37. The van der Waals surface area contributed by atoms with Crippen LogP contribution in [0.15, 0.2) is 30.3 Å². The Bertz CT molecular complexity index is 769. The first-order valence-corrected chi connectivity index (χ1v) is 6.37. The molecule has 0 fully saturated rings. The lowest BCUT2D eigenvalue weighted by Crippen LogP contribution is -2.27. The summed E-state index contributed by atoms with van der Waals surface area (Å²) in [6.45, 7) is 5.29. The molecule has 2 rings (SSSR count). The predicted molar refractivity (Wildman–Crippen MR) is 78.1 cm³/mol. The van der Waals surface area contributed by atoms with Crippen LogP contribution in [0.3, 0.4) is 0 Å². The first kappa shape index (κ1) is 14.7. The SMILES string of the molecule is CC(C)(C)OC(=O)n1c(C#CC(=O)O)cc2ccccc21. The van der Waals surface area contributed by atoms with E-state index < -0.39 is 17.7 Å². The van der Waals surface area contributed by atoms with Gasteiger partial charge in [0.2, 0.25) is 0 Å². The zero-order valence-corrected chi connectivity index (χ0v) is 12.0. The summed E-state index contributed by atoms with van der Waals surface area (Å²) in [5.41, 5.74) is 0.259. The number of nitrogens with zero attached hydrogens (tertiary/aromatic N) is 1. The average molecular weight is 285 g/mol. The Labute approximate surface area is 122 Å². The zero-order chi connectivity index (χ0) is 15.6. The van der Waals surface area contributed by atoms with E-state index >= 15 is 0 Å². The van der Waals surface area contributed by atoms with Crippen molar-refractivity contribution in [3.05, 3.63) is 36.0 Å². The zero-order valence-electron chi connectivity index (χ0n) is 12.0. The topological polar surface area (TPSA) is 68.5 Å². The summed E-state index contributed by atoms with van der Waals surface area (Å²) < 4.78 is 6.63. The minimum Gasteiger partial charge on any atom is -0.472 e. The highest BCUT2D eigenvalue weighted by atomic mass is 16.6. The molecule has 5 heteroatoms. The number of carbonyl (C=O) groups excluding carboxylic acids is 1. The number of carbonyl (C=O) groups is 2. The van der Waals surface area contributed by atoms with E-state index in [-0.39, 0.29) is 5.69 Å². The maximum atomic E-state index is 12.3. The largest absolute Gasteiger partial charge is 0.472 e. The lowest BCUT2D eigenvalue weighted by atomic mass is 10.2. The van der Waals surface area contributed by atoms with Gasteiger partial charge in [0.25, 0.3) is 0 Å². The molecule has 1 aromatic carbocycles. The highest BCUT2D eigenvalue weighted by molar-refractivity contribution is 5.93. The van der Waals surface area contributed by atoms with E-state index in [0.29, 0.717) is 5.52 Å². The van der Waals surface area contributed by atoms with Crippen molar-refractivity contribution < 1.29 is 19.4 Å². The molecule has 0 bridgehead atoms. The van der Waals surface area contributed by atoms with Crippen molar-refractivity contribution in [1.29, 1.82) is 0 Å². The van der Waals surface area contributed by atoms with E-state index in [1.807, 2.05) is 18.1 Å². The molecule has 2 aromatic rings. The van der Waals surface area contributed by atoms with Gasteiger partial charge >= 0.3 is 12.1 Å². The van der Waals surface area contributed by atoms with E-state index in [4.69, 9.17) is 9.84 Å². The van der Waals surface area contributed by atoms with Crippen LogP contribution in [0.25, 0.3) is 10.9 Å². The normalized spacial score (nSPS) is 10.8. The van der Waals surface area contributed by atoms with Gasteiger partial charge < -0.3 is 9.84 Å². The number of aliphatic carboxylic acids is 1. The van der Waals surface area contributed by atoms with Crippen LogP contribution < -0.4 is 0 Å². The van der Waals surface area contributed by atoms with Gasteiger partial charge in [0.05, 0.1) is 5.52 Å². The van der Waals surface area contributed by atoms with Crippen LogP contribution in [-0.4, -0.2) is 27.3 Å². The molecule has 0 amide bonds. The van der Waals surface area contributed by atoms with Crippen molar-refractivity contribution >= 4 is 23.0 Å². The summed E-state index contributed by atoms with van der Waals surface area (Å²) in [6, 6.07) is 8.86. The van der Waals surface area contributed by atoms with Gasteiger partial charge in [-0.2, -0.15) is 0 Å². The van der Waals surface area contributed by atoms with Crippen molar-refractivity contribution in [3.8, 4) is 11.8 Å². The van der Waals surface area contributed by atoms with Crippen LogP contribution in [-0.2, 0) is 9.53 Å². The van der Waals surface area contributed by atoms with E-state index in [9.17, 15) is 9.59 Å². The van der Waals surface area contributed by atoms with Crippen LogP contribution >= 0.6 is 0 Å². The van der Waals surface area contributed by atoms with E-state index in [1.165, 1.54) is 4.57 Å². The third-order valence-electron chi connectivity index (χ3n) is 2.58. The van der Waals surface area contributed by atoms with Crippen molar-refractivity contribution in [1.82, 2.24) is 4.57 Å². The van der Waals surface area contributed by atoms with Gasteiger partial charge in [0.15, 0.2) is 0 Å². The third kappa shape index (κ3) is 3.42. The van der Waals surface area contributed by atoms with Gasteiger partial charge in [-0.25, -0.2) is 14.2 Å². The Balaban J connectivity index is 2.59. The number of benzene rings is 1. The summed E-state index contributed by atoms with van der Waals surface area (Å²) in [7, 11) is 0. The van der Waals surface area contributed by atoms with Crippen molar-refractivity contribution in [2.75, 3.05) is 0 Å². The molecule has 1 heterocycles. The standard InChI is InChI=1S/C16H15NO4/c1-16(2,3)21-15(20)17-12(8-9-14(18)19)10-11-6-4-5-7-13(11)17/h4-7,10H,1-3H3,(H,18,19). The highest BCUT2D eigenvalue weighted by Crippen LogP contribution is 2.21. The van der Waals surface area contributed by atoms with Crippen molar-refractivity contribution in [3.63, 3.8) is 0 Å². The average Bonchev–Trinajstić information content (AvgIpc) is 2.72.